The molecule has 25 heavy (non-hydrogen) atoms. The van der Waals surface area contributed by atoms with E-state index in [-0.39, 0.29) is 5.91 Å². The summed E-state index contributed by atoms with van der Waals surface area (Å²) in [7, 11) is 0. The molecule has 1 aromatic heterocycles. The first kappa shape index (κ1) is 15.8. The van der Waals surface area contributed by atoms with Gasteiger partial charge in [-0.1, -0.05) is 47.7 Å². The van der Waals surface area contributed by atoms with Gasteiger partial charge >= 0.3 is 0 Å². The van der Waals surface area contributed by atoms with E-state index in [2.05, 4.69) is 28.5 Å². The lowest BCUT2D eigenvalue weighted by Gasteiger charge is -2.23. The Kier molecular flexibility index (Phi) is 3.97. The lowest BCUT2D eigenvalue weighted by atomic mass is 10.0. The summed E-state index contributed by atoms with van der Waals surface area (Å²) >= 11 is 0. The van der Waals surface area contributed by atoms with Crippen molar-refractivity contribution >= 4 is 16.7 Å². The van der Waals surface area contributed by atoms with E-state index in [1.165, 1.54) is 5.39 Å². The number of nitrogens with zero attached hydrogens (tertiary/aromatic N) is 4. The molecule has 1 unspecified atom stereocenters. The van der Waals surface area contributed by atoms with Crippen LogP contribution in [0.25, 0.3) is 10.8 Å². The molecule has 1 N–H and O–H groups in total. The number of aliphatic hydroxyl groups is 1. The third-order valence-corrected chi connectivity index (χ3v) is 4.78. The van der Waals surface area contributed by atoms with E-state index in [1.807, 2.05) is 24.3 Å². The van der Waals surface area contributed by atoms with Gasteiger partial charge in [-0.3, -0.25) is 4.79 Å². The fourth-order valence-corrected chi connectivity index (χ4v) is 3.45. The lowest BCUT2D eigenvalue weighted by Crippen LogP contribution is -2.40. The van der Waals surface area contributed by atoms with Crippen molar-refractivity contribution in [2.75, 3.05) is 13.1 Å². The van der Waals surface area contributed by atoms with Crippen molar-refractivity contribution in [2.45, 2.75) is 25.0 Å². The Morgan fingerprint density at radius 2 is 2.04 bits per heavy atom. The maximum Gasteiger partial charge on any atom is 0.227 e. The van der Waals surface area contributed by atoms with Crippen molar-refractivity contribution in [2.24, 2.45) is 0 Å². The van der Waals surface area contributed by atoms with Gasteiger partial charge in [-0.2, -0.15) is 0 Å². The third kappa shape index (κ3) is 3.39. The molecule has 6 nitrogen and oxygen atoms in total. The van der Waals surface area contributed by atoms with E-state index < -0.39 is 5.60 Å². The summed E-state index contributed by atoms with van der Waals surface area (Å²) < 4.78 is 1.61. The normalized spacial score (nSPS) is 20.3. The van der Waals surface area contributed by atoms with Gasteiger partial charge in [-0.05, 0) is 22.8 Å². The van der Waals surface area contributed by atoms with Crippen LogP contribution in [0.1, 0.15) is 12.0 Å². The molecule has 1 amide bonds. The number of benzene rings is 2. The minimum absolute atomic E-state index is 0.0461. The number of likely N-dealkylation sites (tertiary alicyclic amines) is 1. The number of aromatic nitrogens is 3. The van der Waals surface area contributed by atoms with Gasteiger partial charge in [0.25, 0.3) is 0 Å². The van der Waals surface area contributed by atoms with Crippen molar-refractivity contribution in [1.29, 1.82) is 0 Å². The Hall–Kier alpha value is -2.73. The predicted molar refractivity (Wildman–Crippen MR) is 93.8 cm³/mol. The minimum Gasteiger partial charge on any atom is -0.386 e. The SMILES string of the molecule is O=C(Cc1ccc2ccccc2c1)N1CCC(O)(Cn2ccnn2)C1. The Morgan fingerprint density at radius 1 is 1.20 bits per heavy atom. The number of carbonyl (C=O) groups is 1. The van der Waals surface area contributed by atoms with E-state index in [4.69, 9.17) is 0 Å². The summed E-state index contributed by atoms with van der Waals surface area (Å²) in [5, 5.41) is 20.7. The fraction of sp³-hybridized carbons (Fsp3) is 0.316. The topological polar surface area (TPSA) is 71.2 Å². The minimum atomic E-state index is -0.938. The van der Waals surface area contributed by atoms with E-state index in [1.54, 1.807) is 22.0 Å². The number of β-amino-alcohol motifs (C(OH)–C–C–N with tert-alkyl or cyclic N) is 1. The van der Waals surface area contributed by atoms with Crippen LogP contribution in [-0.2, 0) is 17.8 Å². The average Bonchev–Trinajstić information content (AvgIpc) is 3.25. The Balaban J connectivity index is 1.42. The molecule has 3 aromatic rings. The standard InChI is InChI=1S/C19H20N4O2/c24-18(12-15-5-6-16-3-1-2-4-17(16)11-15)22-9-7-19(25,13-22)14-23-10-8-20-21-23/h1-6,8,10-11,25H,7,9,12-14H2. The first-order chi connectivity index (χ1) is 12.1. The molecule has 0 saturated carbocycles. The summed E-state index contributed by atoms with van der Waals surface area (Å²) in [6, 6.07) is 14.2. The summed E-state index contributed by atoms with van der Waals surface area (Å²) in [4.78, 5) is 14.4. The van der Waals surface area contributed by atoms with Crippen molar-refractivity contribution in [3.05, 3.63) is 60.4 Å². The van der Waals surface area contributed by atoms with Crippen molar-refractivity contribution in [3.63, 3.8) is 0 Å². The summed E-state index contributed by atoms with van der Waals surface area (Å²) in [5.41, 5.74) is 0.0580. The molecule has 1 fully saturated rings. The Morgan fingerprint density at radius 3 is 2.84 bits per heavy atom. The average molecular weight is 336 g/mol. The molecule has 0 bridgehead atoms. The molecule has 6 heteroatoms. The molecule has 2 aromatic carbocycles. The van der Waals surface area contributed by atoms with E-state index in [0.29, 0.717) is 32.5 Å². The van der Waals surface area contributed by atoms with E-state index in [9.17, 15) is 9.90 Å². The van der Waals surface area contributed by atoms with Gasteiger partial charge in [0, 0.05) is 12.7 Å². The van der Waals surface area contributed by atoms with Gasteiger partial charge in [0.1, 0.15) is 5.60 Å². The maximum atomic E-state index is 12.6. The lowest BCUT2D eigenvalue weighted by molar-refractivity contribution is -0.130. The number of rotatable bonds is 4. The predicted octanol–water partition coefficient (Wildman–Crippen LogP) is 1.64. The van der Waals surface area contributed by atoms with Gasteiger partial charge < -0.3 is 10.0 Å². The number of hydrogen-bond acceptors (Lipinski definition) is 4. The zero-order valence-corrected chi connectivity index (χ0v) is 13.9. The van der Waals surface area contributed by atoms with E-state index in [0.717, 1.165) is 10.9 Å². The first-order valence-corrected chi connectivity index (χ1v) is 8.43. The van der Waals surface area contributed by atoms with Crippen molar-refractivity contribution in [3.8, 4) is 0 Å². The Bertz CT molecular complexity index is 893. The number of hydrogen-bond donors (Lipinski definition) is 1. The highest BCUT2D eigenvalue weighted by Crippen LogP contribution is 2.24. The molecule has 4 rings (SSSR count). The van der Waals surface area contributed by atoms with Crippen LogP contribution in [0.5, 0.6) is 0 Å². The molecule has 1 aliphatic rings. The molecule has 128 valence electrons. The van der Waals surface area contributed by atoms with Crippen LogP contribution < -0.4 is 0 Å². The summed E-state index contributed by atoms with van der Waals surface area (Å²) in [6.07, 6.45) is 4.21. The van der Waals surface area contributed by atoms with Crippen molar-refractivity contribution < 1.29 is 9.90 Å². The highest BCUT2D eigenvalue weighted by molar-refractivity contribution is 5.85. The Labute approximate surface area is 145 Å². The monoisotopic (exact) mass is 336 g/mol. The van der Waals surface area contributed by atoms with Crippen LogP contribution in [-0.4, -0.2) is 49.6 Å². The summed E-state index contributed by atoms with van der Waals surface area (Å²) in [6.45, 7) is 1.25. The van der Waals surface area contributed by atoms with E-state index >= 15 is 0 Å². The molecule has 0 aliphatic carbocycles. The van der Waals surface area contributed by atoms with Gasteiger partial charge in [-0.15, -0.1) is 5.10 Å². The first-order valence-electron chi connectivity index (χ1n) is 8.43. The second kappa shape index (κ2) is 6.29. The largest absolute Gasteiger partial charge is 0.386 e. The molecule has 2 heterocycles. The van der Waals surface area contributed by atoms with Crippen LogP contribution in [0.4, 0.5) is 0 Å². The van der Waals surface area contributed by atoms with Gasteiger partial charge in [0.05, 0.1) is 25.7 Å². The quantitative estimate of drug-likeness (QED) is 0.786. The zero-order chi connectivity index (χ0) is 17.3. The number of carbonyl (C=O) groups excluding carboxylic acids is 1. The number of fused-ring (bicyclic) bond motifs is 1. The highest BCUT2D eigenvalue weighted by atomic mass is 16.3. The van der Waals surface area contributed by atoms with Crippen LogP contribution >= 0.6 is 0 Å². The second-order valence-electron chi connectivity index (χ2n) is 6.75. The zero-order valence-electron chi connectivity index (χ0n) is 13.9. The smallest absolute Gasteiger partial charge is 0.227 e. The molecule has 1 saturated heterocycles. The summed E-state index contributed by atoms with van der Waals surface area (Å²) in [5.74, 6) is 0.0461. The van der Waals surface area contributed by atoms with Crippen LogP contribution in [0, 0.1) is 0 Å². The molecule has 1 aliphatic heterocycles. The van der Waals surface area contributed by atoms with Gasteiger partial charge in [-0.25, -0.2) is 4.68 Å². The van der Waals surface area contributed by atoms with Crippen LogP contribution in [0.15, 0.2) is 54.9 Å². The molecular weight excluding hydrogens is 316 g/mol. The molecule has 1 atom stereocenters. The second-order valence-corrected chi connectivity index (χ2v) is 6.75. The van der Waals surface area contributed by atoms with Crippen LogP contribution in [0.3, 0.4) is 0 Å². The maximum absolute atomic E-state index is 12.6. The van der Waals surface area contributed by atoms with Crippen LogP contribution in [0.2, 0.25) is 0 Å². The fourth-order valence-electron chi connectivity index (χ4n) is 3.45. The molecule has 0 radical (unpaired) electrons. The molecular formula is C19H20N4O2. The highest BCUT2D eigenvalue weighted by Gasteiger charge is 2.38. The molecule has 0 spiro atoms. The third-order valence-electron chi connectivity index (χ3n) is 4.78. The van der Waals surface area contributed by atoms with Gasteiger partial charge in [0.2, 0.25) is 5.91 Å². The number of amides is 1. The van der Waals surface area contributed by atoms with Crippen molar-refractivity contribution in [1.82, 2.24) is 19.9 Å². The van der Waals surface area contributed by atoms with Gasteiger partial charge in [0.15, 0.2) is 0 Å².